The van der Waals surface area contributed by atoms with E-state index in [9.17, 15) is 5.11 Å². The molecule has 0 aliphatic heterocycles. The Morgan fingerprint density at radius 2 is 1.85 bits per heavy atom. The van der Waals surface area contributed by atoms with E-state index < -0.39 is 6.10 Å². The van der Waals surface area contributed by atoms with Crippen molar-refractivity contribution in [1.82, 2.24) is 0 Å². The lowest BCUT2D eigenvalue weighted by Gasteiger charge is -2.13. The Morgan fingerprint density at radius 3 is 2.45 bits per heavy atom. The van der Waals surface area contributed by atoms with Crippen LogP contribution in [-0.4, -0.2) is 12.2 Å². The zero-order valence-electron chi connectivity index (χ0n) is 11.8. The van der Waals surface area contributed by atoms with Gasteiger partial charge >= 0.3 is 0 Å². The van der Waals surface area contributed by atoms with E-state index in [1.807, 2.05) is 49.4 Å². The SMILES string of the molecule is COc1ccc(CCC(O)c2ccc(C)cc2Cl)cc1. The van der Waals surface area contributed by atoms with Crippen molar-refractivity contribution in [1.29, 1.82) is 0 Å². The van der Waals surface area contributed by atoms with Gasteiger partial charge in [-0.1, -0.05) is 35.9 Å². The number of rotatable bonds is 5. The van der Waals surface area contributed by atoms with Crippen molar-refractivity contribution in [2.45, 2.75) is 25.9 Å². The van der Waals surface area contributed by atoms with Gasteiger partial charge in [-0.2, -0.15) is 0 Å². The van der Waals surface area contributed by atoms with Crippen LogP contribution in [0.5, 0.6) is 5.75 Å². The summed E-state index contributed by atoms with van der Waals surface area (Å²) in [6, 6.07) is 13.6. The van der Waals surface area contributed by atoms with Crippen molar-refractivity contribution < 1.29 is 9.84 Å². The largest absolute Gasteiger partial charge is 0.497 e. The average Bonchev–Trinajstić information content (AvgIpc) is 2.45. The van der Waals surface area contributed by atoms with Crippen LogP contribution in [0.2, 0.25) is 5.02 Å². The molecule has 20 heavy (non-hydrogen) atoms. The molecule has 1 atom stereocenters. The van der Waals surface area contributed by atoms with E-state index in [1.165, 1.54) is 5.56 Å². The average molecular weight is 291 g/mol. The summed E-state index contributed by atoms with van der Waals surface area (Å²) < 4.78 is 5.12. The van der Waals surface area contributed by atoms with Crippen LogP contribution in [0.25, 0.3) is 0 Å². The maximum Gasteiger partial charge on any atom is 0.118 e. The number of aliphatic hydroxyl groups is 1. The quantitative estimate of drug-likeness (QED) is 0.888. The highest BCUT2D eigenvalue weighted by atomic mass is 35.5. The molecule has 2 nitrogen and oxygen atoms in total. The third-order valence-corrected chi connectivity index (χ3v) is 3.71. The summed E-state index contributed by atoms with van der Waals surface area (Å²) in [6.45, 7) is 1.99. The van der Waals surface area contributed by atoms with Crippen LogP contribution < -0.4 is 4.74 Å². The molecule has 106 valence electrons. The summed E-state index contributed by atoms with van der Waals surface area (Å²) in [5.74, 6) is 0.843. The summed E-state index contributed by atoms with van der Waals surface area (Å²) in [5, 5.41) is 10.9. The minimum atomic E-state index is -0.537. The molecule has 2 rings (SSSR count). The highest BCUT2D eigenvalue weighted by molar-refractivity contribution is 6.31. The van der Waals surface area contributed by atoms with Crippen LogP contribution in [-0.2, 0) is 6.42 Å². The zero-order valence-corrected chi connectivity index (χ0v) is 12.5. The first-order valence-corrected chi connectivity index (χ1v) is 7.05. The summed E-state index contributed by atoms with van der Waals surface area (Å²) >= 11 is 6.17. The summed E-state index contributed by atoms with van der Waals surface area (Å²) in [7, 11) is 1.65. The zero-order chi connectivity index (χ0) is 14.5. The molecule has 0 aromatic heterocycles. The molecule has 0 radical (unpaired) electrons. The molecule has 1 unspecified atom stereocenters. The smallest absolute Gasteiger partial charge is 0.118 e. The van der Waals surface area contributed by atoms with E-state index in [1.54, 1.807) is 7.11 Å². The normalized spacial score (nSPS) is 12.2. The summed E-state index contributed by atoms with van der Waals surface area (Å²) in [4.78, 5) is 0. The Kier molecular flexibility index (Phi) is 5.05. The highest BCUT2D eigenvalue weighted by Gasteiger charge is 2.11. The van der Waals surface area contributed by atoms with E-state index in [0.717, 1.165) is 23.3 Å². The van der Waals surface area contributed by atoms with Gasteiger partial charge in [-0.3, -0.25) is 0 Å². The molecule has 0 fully saturated rings. The van der Waals surface area contributed by atoms with Gasteiger partial charge < -0.3 is 9.84 Å². The lowest BCUT2D eigenvalue weighted by Crippen LogP contribution is -2.01. The number of hydrogen-bond donors (Lipinski definition) is 1. The molecule has 0 aliphatic rings. The second-order valence-corrected chi connectivity index (χ2v) is 5.33. The molecule has 0 bridgehead atoms. The number of benzene rings is 2. The predicted octanol–water partition coefficient (Wildman–Crippen LogP) is 4.32. The van der Waals surface area contributed by atoms with Gasteiger partial charge in [0, 0.05) is 5.02 Å². The topological polar surface area (TPSA) is 29.5 Å². The minimum absolute atomic E-state index is 0.537. The Labute approximate surface area is 125 Å². The second-order valence-electron chi connectivity index (χ2n) is 4.93. The maximum absolute atomic E-state index is 10.2. The number of halogens is 1. The van der Waals surface area contributed by atoms with E-state index in [4.69, 9.17) is 16.3 Å². The predicted molar refractivity (Wildman–Crippen MR) is 82.5 cm³/mol. The van der Waals surface area contributed by atoms with Crippen LogP contribution in [0.1, 0.15) is 29.2 Å². The van der Waals surface area contributed by atoms with Gasteiger partial charge in [-0.25, -0.2) is 0 Å². The molecular formula is C17H19ClO2. The standard InChI is InChI=1S/C17H19ClO2/c1-12-3-9-15(16(18)11-12)17(19)10-6-13-4-7-14(20-2)8-5-13/h3-5,7-9,11,17,19H,6,10H2,1-2H3. The third kappa shape index (κ3) is 3.75. The monoisotopic (exact) mass is 290 g/mol. The van der Waals surface area contributed by atoms with Crippen LogP contribution >= 0.6 is 11.6 Å². The number of hydrogen-bond acceptors (Lipinski definition) is 2. The highest BCUT2D eigenvalue weighted by Crippen LogP contribution is 2.27. The first-order valence-electron chi connectivity index (χ1n) is 6.67. The van der Waals surface area contributed by atoms with Gasteiger partial charge in [-0.15, -0.1) is 0 Å². The lowest BCUT2D eigenvalue weighted by molar-refractivity contribution is 0.168. The van der Waals surface area contributed by atoms with Gasteiger partial charge in [0.05, 0.1) is 13.2 Å². The van der Waals surface area contributed by atoms with E-state index in [-0.39, 0.29) is 0 Å². The Balaban J connectivity index is 1.98. The molecule has 0 saturated carbocycles. The van der Waals surface area contributed by atoms with E-state index in [0.29, 0.717) is 11.4 Å². The maximum atomic E-state index is 10.2. The molecular weight excluding hydrogens is 272 g/mol. The molecule has 0 aliphatic carbocycles. The molecule has 0 spiro atoms. The Morgan fingerprint density at radius 1 is 1.15 bits per heavy atom. The van der Waals surface area contributed by atoms with Crippen molar-refractivity contribution in [3.63, 3.8) is 0 Å². The molecule has 1 N–H and O–H groups in total. The molecule has 3 heteroatoms. The fourth-order valence-corrected chi connectivity index (χ4v) is 2.51. The second kappa shape index (κ2) is 6.78. The number of ether oxygens (including phenoxy) is 1. The lowest BCUT2D eigenvalue weighted by atomic mass is 10.0. The van der Waals surface area contributed by atoms with Crippen molar-refractivity contribution in [3.05, 3.63) is 64.2 Å². The molecule has 2 aromatic rings. The van der Waals surface area contributed by atoms with Gasteiger partial charge in [-0.05, 0) is 54.7 Å². The van der Waals surface area contributed by atoms with Crippen molar-refractivity contribution in [2.24, 2.45) is 0 Å². The summed E-state index contributed by atoms with van der Waals surface area (Å²) in [6.07, 6.45) is 0.912. The number of aryl methyl sites for hydroxylation is 2. The third-order valence-electron chi connectivity index (χ3n) is 3.38. The fourth-order valence-electron chi connectivity index (χ4n) is 2.15. The van der Waals surface area contributed by atoms with Crippen molar-refractivity contribution in [2.75, 3.05) is 7.11 Å². The number of aliphatic hydroxyl groups excluding tert-OH is 1. The molecule has 0 amide bonds. The van der Waals surface area contributed by atoms with Gasteiger partial charge in [0.25, 0.3) is 0 Å². The molecule has 2 aromatic carbocycles. The number of methoxy groups -OCH3 is 1. The van der Waals surface area contributed by atoms with Crippen molar-refractivity contribution >= 4 is 11.6 Å². The Bertz CT molecular complexity index is 564. The van der Waals surface area contributed by atoms with Crippen LogP contribution in [0.15, 0.2) is 42.5 Å². The first-order chi connectivity index (χ1) is 9.60. The summed E-state index contributed by atoms with van der Waals surface area (Å²) in [5.41, 5.74) is 3.07. The molecule has 0 saturated heterocycles. The van der Waals surface area contributed by atoms with Crippen LogP contribution in [0, 0.1) is 6.92 Å². The van der Waals surface area contributed by atoms with Gasteiger partial charge in [0.1, 0.15) is 5.75 Å². The van der Waals surface area contributed by atoms with E-state index >= 15 is 0 Å². The fraction of sp³-hybridized carbons (Fsp3) is 0.294. The van der Waals surface area contributed by atoms with Gasteiger partial charge in [0.15, 0.2) is 0 Å². The minimum Gasteiger partial charge on any atom is -0.497 e. The molecule has 0 heterocycles. The van der Waals surface area contributed by atoms with Gasteiger partial charge in [0.2, 0.25) is 0 Å². The van der Waals surface area contributed by atoms with E-state index in [2.05, 4.69) is 0 Å². The first kappa shape index (κ1) is 14.9. The Hall–Kier alpha value is -1.51. The van der Waals surface area contributed by atoms with Crippen LogP contribution in [0.3, 0.4) is 0 Å². The van der Waals surface area contributed by atoms with Crippen molar-refractivity contribution in [3.8, 4) is 5.75 Å². The van der Waals surface area contributed by atoms with Crippen LogP contribution in [0.4, 0.5) is 0 Å².